The van der Waals surface area contributed by atoms with E-state index in [1.807, 2.05) is 0 Å². The van der Waals surface area contributed by atoms with Crippen molar-refractivity contribution >= 4 is 23.2 Å². The summed E-state index contributed by atoms with van der Waals surface area (Å²) in [5.41, 5.74) is 0. The van der Waals surface area contributed by atoms with Crippen LogP contribution in [0.2, 0.25) is 10.3 Å². The smallest absolute Gasteiger partial charge is 0.194 e. The third kappa shape index (κ3) is 2.35. The lowest BCUT2D eigenvalue weighted by Crippen LogP contribution is -1.90. The van der Waals surface area contributed by atoms with Gasteiger partial charge in [-0.3, -0.25) is 0 Å². The molecule has 4 nitrogen and oxygen atoms in total. The molecule has 0 saturated heterocycles. The number of aromatic hydroxyl groups is 1. The summed E-state index contributed by atoms with van der Waals surface area (Å²) in [6.45, 7) is 0. The van der Waals surface area contributed by atoms with Gasteiger partial charge in [-0.2, -0.15) is 0 Å². The number of aromatic nitrogens is 2. The van der Waals surface area contributed by atoms with Crippen LogP contribution in [0.3, 0.4) is 0 Å². The number of nitrogens with zero attached hydrogens (tertiary/aromatic N) is 2. The number of hydrogen-bond donors (Lipinski definition) is 1. The fourth-order valence-electron chi connectivity index (χ4n) is 1.07. The van der Waals surface area contributed by atoms with E-state index in [1.54, 1.807) is 18.2 Å². The largest absolute Gasteiger partial charge is 0.504 e. The molecule has 82 valence electrons. The van der Waals surface area contributed by atoms with Crippen LogP contribution in [-0.2, 0) is 0 Å². The summed E-state index contributed by atoms with van der Waals surface area (Å²) in [6, 6.07) is 7.92. The molecule has 0 unspecified atom stereocenters. The Labute approximate surface area is 101 Å². The third-order valence-corrected chi connectivity index (χ3v) is 2.22. The Morgan fingerprint density at radius 3 is 2.56 bits per heavy atom. The van der Waals surface area contributed by atoms with Crippen molar-refractivity contribution in [2.45, 2.75) is 0 Å². The topological polar surface area (TPSA) is 55.2 Å². The number of rotatable bonds is 2. The van der Waals surface area contributed by atoms with Gasteiger partial charge in [-0.15, -0.1) is 10.2 Å². The molecule has 1 N–H and O–H groups in total. The number of phenols is 1. The first-order chi connectivity index (χ1) is 7.66. The standard InChI is InChI=1S/C10H6Cl2N2O2/c11-9-5-8(10(12)14-13-9)16-7-4-2-1-3-6(7)15/h1-5,15H. The second-order valence-electron chi connectivity index (χ2n) is 2.89. The summed E-state index contributed by atoms with van der Waals surface area (Å²) in [6.07, 6.45) is 0. The van der Waals surface area contributed by atoms with Gasteiger partial charge in [0, 0.05) is 6.07 Å². The highest BCUT2D eigenvalue weighted by atomic mass is 35.5. The predicted molar refractivity (Wildman–Crippen MR) is 60.2 cm³/mol. The zero-order valence-corrected chi connectivity index (χ0v) is 9.40. The van der Waals surface area contributed by atoms with E-state index in [2.05, 4.69) is 10.2 Å². The lowest BCUT2D eigenvalue weighted by atomic mass is 10.3. The highest BCUT2D eigenvalue weighted by molar-refractivity contribution is 6.32. The van der Waals surface area contributed by atoms with Gasteiger partial charge in [-0.05, 0) is 12.1 Å². The Bertz CT molecular complexity index is 520. The van der Waals surface area contributed by atoms with Crippen molar-refractivity contribution in [1.82, 2.24) is 10.2 Å². The van der Waals surface area contributed by atoms with Crippen molar-refractivity contribution in [3.05, 3.63) is 40.6 Å². The summed E-state index contributed by atoms with van der Waals surface area (Å²) in [5, 5.41) is 16.9. The SMILES string of the molecule is Oc1ccccc1Oc1cc(Cl)nnc1Cl. The maximum absolute atomic E-state index is 9.49. The van der Waals surface area contributed by atoms with Gasteiger partial charge in [0.25, 0.3) is 0 Å². The molecule has 0 spiro atoms. The highest BCUT2D eigenvalue weighted by Gasteiger charge is 2.08. The molecule has 1 aromatic carbocycles. The Morgan fingerprint density at radius 2 is 1.81 bits per heavy atom. The van der Waals surface area contributed by atoms with Crippen LogP contribution in [0.5, 0.6) is 17.2 Å². The third-order valence-electron chi connectivity index (χ3n) is 1.77. The summed E-state index contributed by atoms with van der Waals surface area (Å²) >= 11 is 11.4. The molecule has 2 aromatic rings. The molecule has 16 heavy (non-hydrogen) atoms. The van der Waals surface area contributed by atoms with E-state index in [1.165, 1.54) is 12.1 Å². The minimum atomic E-state index is 0.00602. The van der Waals surface area contributed by atoms with Crippen molar-refractivity contribution < 1.29 is 9.84 Å². The molecule has 0 aliphatic heterocycles. The second-order valence-corrected chi connectivity index (χ2v) is 3.64. The average molecular weight is 257 g/mol. The Kier molecular flexibility index (Phi) is 3.12. The molecule has 2 rings (SSSR count). The lowest BCUT2D eigenvalue weighted by molar-refractivity contribution is 0.410. The zero-order chi connectivity index (χ0) is 11.5. The van der Waals surface area contributed by atoms with Crippen LogP contribution in [0.4, 0.5) is 0 Å². The molecular formula is C10H6Cl2N2O2. The van der Waals surface area contributed by atoms with E-state index in [9.17, 15) is 5.11 Å². The number of hydrogen-bond acceptors (Lipinski definition) is 4. The van der Waals surface area contributed by atoms with Gasteiger partial charge < -0.3 is 9.84 Å². The summed E-state index contributed by atoms with van der Waals surface area (Å²) in [4.78, 5) is 0. The van der Waals surface area contributed by atoms with E-state index in [4.69, 9.17) is 27.9 Å². The van der Waals surface area contributed by atoms with Crippen molar-refractivity contribution in [3.63, 3.8) is 0 Å². The number of phenolic OH excluding ortho intramolecular Hbond substituents is 1. The average Bonchev–Trinajstić information content (AvgIpc) is 2.27. The van der Waals surface area contributed by atoms with Gasteiger partial charge in [-0.25, -0.2) is 0 Å². The van der Waals surface area contributed by atoms with Crippen LogP contribution in [0.1, 0.15) is 0 Å². The molecule has 0 aliphatic rings. The number of halogens is 2. The number of benzene rings is 1. The van der Waals surface area contributed by atoms with Gasteiger partial charge in [0.05, 0.1) is 0 Å². The molecule has 0 saturated carbocycles. The number of ether oxygens (including phenoxy) is 1. The first-order valence-electron chi connectivity index (χ1n) is 4.31. The maximum atomic E-state index is 9.49. The molecule has 0 aliphatic carbocycles. The zero-order valence-electron chi connectivity index (χ0n) is 7.89. The monoisotopic (exact) mass is 256 g/mol. The van der Waals surface area contributed by atoms with E-state index >= 15 is 0 Å². The van der Waals surface area contributed by atoms with Crippen LogP contribution in [0.15, 0.2) is 30.3 Å². The first kappa shape index (κ1) is 11.0. The minimum Gasteiger partial charge on any atom is -0.504 e. The molecule has 1 aromatic heterocycles. The summed E-state index contributed by atoms with van der Waals surface area (Å²) in [7, 11) is 0. The molecule has 1 heterocycles. The molecule has 0 atom stereocenters. The maximum Gasteiger partial charge on any atom is 0.194 e. The van der Waals surface area contributed by atoms with E-state index in [0.717, 1.165) is 0 Å². The molecule has 0 bridgehead atoms. The van der Waals surface area contributed by atoms with Crippen LogP contribution >= 0.6 is 23.2 Å². The lowest BCUT2D eigenvalue weighted by Gasteiger charge is -2.07. The van der Waals surface area contributed by atoms with Crippen molar-refractivity contribution in [2.24, 2.45) is 0 Å². The second kappa shape index (κ2) is 4.55. The Balaban J connectivity index is 2.34. The van der Waals surface area contributed by atoms with Crippen molar-refractivity contribution in [1.29, 1.82) is 0 Å². The fourth-order valence-corrected chi connectivity index (χ4v) is 1.34. The minimum absolute atomic E-state index is 0.00602. The molecular weight excluding hydrogens is 251 g/mol. The summed E-state index contributed by atoms with van der Waals surface area (Å²) in [5.74, 6) is 0.517. The van der Waals surface area contributed by atoms with Gasteiger partial charge in [0.15, 0.2) is 27.6 Å². The van der Waals surface area contributed by atoms with Crippen LogP contribution in [0.25, 0.3) is 0 Å². The van der Waals surface area contributed by atoms with Crippen LogP contribution < -0.4 is 4.74 Å². The molecule has 6 heteroatoms. The fraction of sp³-hybridized carbons (Fsp3) is 0. The first-order valence-corrected chi connectivity index (χ1v) is 5.07. The van der Waals surface area contributed by atoms with Crippen molar-refractivity contribution in [3.8, 4) is 17.2 Å². The molecule has 0 amide bonds. The Morgan fingerprint density at radius 1 is 1.06 bits per heavy atom. The molecule has 0 fully saturated rings. The van der Waals surface area contributed by atoms with Gasteiger partial charge in [-0.1, -0.05) is 35.3 Å². The Hall–Kier alpha value is -1.52. The predicted octanol–water partition coefficient (Wildman–Crippen LogP) is 3.28. The van der Waals surface area contributed by atoms with E-state index in [-0.39, 0.29) is 27.6 Å². The van der Waals surface area contributed by atoms with Gasteiger partial charge in [0.1, 0.15) is 0 Å². The van der Waals surface area contributed by atoms with Crippen molar-refractivity contribution in [2.75, 3.05) is 0 Å². The molecule has 0 radical (unpaired) electrons. The highest BCUT2D eigenvalue weighted by Crippen LogP contribution is 2.33. The van der Waals surface area contributed by atoms with Crippen LogP contribution in [0, 0.1) is 0 Å². The normalized spacial score (nSPS) is 10.1. The quantitative estimate of drug-likeness (QED) is 0.896. The van der Waals surface area contributed by atoms with Gasteiger partial charge >= 0.3 is 0 Å². The van der Waals surface area contributed by atoms with E-state index < -0.39 is 0 Å². The number of para-hydroxylation sites is 2. The van der Waals surface area contributed by atoms with Gasteiger partial charge in [0.2, 0.25) is 0 Å². The van der Waals surface area contributed by atoms with E-state index in [0.29, 0.717) is 0 Å². The summed E-state index contributed by atoms with van der Waals surface area (Å²) < 4.78 is 5.35. The van der Waals surface area contributed by atoms with Crippen LogP contribution in [-0.4, -0.2) is 15.3 Å².